The lowest BCUT2D eigenvalue weighted by Crippen LogP contribution is -2.48. The van der Waals surface area contributed by atoms with Crippen LogP contribution in [0.2, 0.25) is 0 Å². The number of pyridine rings is 1. The van der Waals surface area contributed by atoms with Crippen molar-refractivity contribution in [1.29, 1.82) is 0 Å². The third-order valence-electron chi connectivity index (χ3n) is 4.22. The molecular formula is C17H21N5O3. The molecule has 0 aliphatic carbocycles. The molecule has 2 amide bonds. The van der Waals surface area contributed by atoms with Gasteiger partial charge in [-0.2, -0.15) is 0 Å². The van der Waals surface area contributed by atoms with Gasteiger partial charge in [0, 0.05) is 44.0 Å². The molecule has 1 N–H and O–H groups in total. The topological polar surface area (TPSA) is 91.6 Å². The molecule has 1 aliphatic heterocycles. The van der Waals surface area contributed by atoms with Crippen LogP contribution in [-0.2, 0) is 0 Å². The molecule has 0 radical (unpaired) electrons. The number of nitrogens with zero attached hydrogens (tertiary/aromatic N) is 4. The molecular weight excluding hydrogens is 322 g/mol. The Labute approximate surface area is 145 Å². The zero-order chi connectivity index (χ0) is 17.8. The van der Waals surface area contributed by atoms with Gasteiger partial charge in [-0.25, -0.2) is 0 Å². The number of rotatable bonds is 4. The van der Waals surface area contributed by atoms with Gasteiger partial charge in [-0.05, 0) is 25.6 Å². The first-order valence-electron chi connectivity index (χ1n) is 8.29. The van der Waals surface area contributed by atoms with E-state index in [-0.39, 0.29) is 17.5 Å². The van der Waals surface area contributed by atoms with E-state index in [0.717, 1.165) is 19.6 Å². The minimum atomic E-state index is -0.361. The molecule has 2 aromatic heterocycles. The van der Waals surface area contributed by atoms with Gasteiger partial charge < -0.3 is 19.6 Å². The zero-order valence-electron chi connectivity index (χ0n) is 14.4. The highest BCUT2D eigenvalue weighted by molar-refractivity contribution is 6.05. The largest absolute Gasteiger partial charge is 0.360 e. The number of carbonyl (C=O) groups is 2. The number of piperazine rings is 1. The van der Waals surface area contributed by atoms with E-state index in [4.69, 9.17) is 4.52 Å². The summed E-state index contributed by atoms with van der Waals surface area (Å²) < 4.78 is 4.92. The Morgan fingerprint density at radius 2 is 2.00 bits per heavy atom. The molecule has 0 spiro atoms. The van der Waals surface area contributed by atoms with Crippen molar-refractivity contribution < 1.29 is 14.1 Å². The highest BCUT2D eigenvalue weighted by atomic mass is 16.5. The maximum absolute atomic E-state index is 12.6. The maximum Gasteiger partial charge on any atom is 0.272 e. The fraction of sp³-hybridized carbons (Fsp3) is 0.412. The van der Waals surface area contributed by atoms with Gasteiger partial charge in [0.25, 0.3) is 11.8 Å². The number of hydrogen-bond donors (Lipinski definition) is 1. The predicted octanol–water partition coefficient (Wildman–Crippen LogP) is 1.41. The van der Waals surface area contributed by atoms with Gasteiger partial charge in [0.05, 0.1) is 0 Å². The Bertz CT molecular complexity index is 765. The normalized spacial score (nSPS) is 15.2. The molecule has 8 nitrogen and oxygen atoms in total. The van der Waals surface area contributed by atoms with Gasteiger partial charge in [0.1, 0.15) is 11.5 Å². The van der Waals surface area contributed by atoms with Gasteiger partial charge in [-0.3, -0.25) is 14.6 Å². The standard InChI is InChI=1S/C17H21N5O3/c1-3-21-6-8-22(9-7-21)17(24)14-11-13(4-5-18-14)16(23)19-15-10-12(2)25-20-15/h4-5,10-11H,3,6-9H2,1-2H3,(H,19,20,23). The van der Waals surface area contributed by atoms with Gasteiger partial charge in [-0.1, -0.05) is 12.1 Å². The van der Waals surface area contributed by atoms with Crippen molar-refractivity contribution in [3.05, 3.63) is 41.4 Å². The summed E-state index contributed by atoms with van der Waals surface area (Å²) in [5.41, 5.74) is 0.625. The second-order valence-corrected chi connectivity index (χ2v) is 5.93. The monoisotopic (exact) mass is 343 g/mol. The number of aromatic nitrogens is 2. The lowest BCUT2D eigenvalue weighted by atomic mass is 10.2. The Kier molecular flexibility index (Phi) is 5.08. The molecule has 0 aromatic carbocycles. The van der Waals surface area contributed by atoms with Gasteiger partial charge in [0.15, 0.2) is 5.82 Å². The van der Waals surface area contributed by atoms with Crippen LogP contribution in [0.15, 0.2) is 28.9 Å². The molecule has 1 fully saturated rings. The zero-order valence-corrected chi connectivity index (χ0v) is 14.4. The molecule has 25 heavy (non-hydrogen) atoms. The Hall–Kier alpha value is -2.74. The van der Waals surface area contributed by atoms with Crippen molar-refractivity contribution in [1.82, 2.24) is 19.9 Å². The molecule has 0 saturated carbocycles. The number of likely N-dealkylation sites (N-methyl/N-ethyl adjacent to an activating group) is 1. The summed E-state index contributed by atoms with van der Waals surface area (Å²) in [6, 6.07) is 4.70. The number of nitrogens with one attached hydrogen (secondary N) is 1. The lowest BCUT2D eigenvalue weighted by molar-refractivity contribution is 0.0637. The first kappa shape index (κ1) is 17.1. The summed E-state index contributed by atoms with van der Waals surface area (Å²) in [7, 11) is 0. The van der Waals surface area contributed by atoms with Crippen LogP contribution in [-0.4, -0.2) is 64.5 Å². The smallest absolute Gasteiger partial charge is 0.272 e. The molecule has 0 bridgehead atoms. The van der Waals surface area contributed by atoms with Crippen LogP contribution < -0.4 is 5.32 Å². The molecule has 0 atom stereocenters. The van der Waals surface area contributed by atoms with Crippen molar-refractivity contribution in [2.24, 2.45) is 0 Å². The molecule has 2 aromatic rings. The fourth-order valence-electron chi connectivity index (χ4n) is 2.73. The molecule has 3 rings (SSSR count). The molecule has 3 heterocycles. The SMILES string of the molecule is CCN1CCN(C(=O)c2cc(C(=O)Nc3cc(C)on3)ccn2)CC1. The van der Waals surface area contributed by atoms with E-state index in [1.165, 1.54) is 12.3 Å². The highest BCUT2D eigenvalue weighted by Crippen LogP contribution is 2.12. The van der Waals surface area contributed by atoms with Crippen molar-refractivity contribution >= 4 is 17.6 Å². The van der Waals surface area contributed by atoms with E-state index >= 15 is 0 Å². The maximum atomic E-state index is 12.6. The summed E-state index contributed by atoms with van der Waals surface area (Å²) in [4.78, 5) is 33.1. The number of amides is 2. The Morgan fingerprint density at radius 3 is 2.64 bits per heavy atom. The molecule has 132 valence electrons. The van der Waals surface area contributed by atoms with E-state index in [0.29, 0.717) is 30.2 Å². The van der Waals surface area contributed by atoms with E-state index in [1.807, 2.05) is 0 Å². The van der Waals surface area contributed by atoms with Crippen LogP contribution >= 0.6 is 0 Å². The van der Waals surface area contributed by atoms with E-state index in [2.05, 4.69) is 27.3 Å². The Morgan fingerprint density at radius 1 is 1.24 bits per heavy atom. The number of aryl methyl sites for hydroxylation is 1. The number of anilines is 1. The van der Waals surface area contributed by atoms with E-state index in [9.17, 15) is 9.59 Å². The van der Waals surface area contributed by atoms with Gasteiger partial charge in [0.2, 0.25) is 0 Å². The summed E-state index contributed by atoms with van der Waals surface area (Å²) in [6.45, 7) is 7.88. The average molecular weight is 343 g/mol. The minimum Gasteiger partial charge on any atom is -0.360 e. The third kappa shape index (κ3) is 4.03. The van der Waals surface area contributed by atoms with Gasteiger partial charge >= 0.3 is 0 Å². The Balaban J connectivity index is 1.68. The van der Waals surface area contributed by atoms with Crippen LogP contribution in [0.3, 0.4) is 0 Å². The summed E-state index contributed by atoms with van der Waals surface area (Å²) in [5.74, 6) is 0.429. The van der Waals surface area contributed by atoms with Crippen LogP contribution in [0.25, 0.3) is 0 Å². The molecule has 1 saturated heterocycles. The number of carbonyl (C=O) groups excluding carboxylic acids is 2. The van der Waals surface area contributed by atoms with Crippen molar-refractivity contribution in [2.75, 3.05) is 38.0 Å². The number of hydrogen-bond acceptors (Lipinski definition) is 6. The lowest BCUT2D eigenvalue weighted by Gasteiger charge is -2.33. The quantitative estimate of drug-likeness (QED) is 0.902. The van der Waals surface area contributed by atoms with Crippen LogP contribution in [0.4, 0.5) is 5.82 Å². The van der Waals surface area contributed by atoms with Crippen LogP contribution in [0, 0.1) is 6.92 Å². The fourth-order valence-corrected chi connectivity index (χ4v) is 2.73. The van der Waals surface area contributed by atoms with Crippen LogP contribution in [0.1, 0.15) is 33.5 Å². The minimum absolute atomic E-state index is 0.150. The first-order valence-corrected chi connectivity index (χ1v) is 8.29. The summed E-state index contributed by atoms with van der Waals surface area (Å²) in [6.07, 6.45) is 1.47. The summed E-state index contributed by atoms with van der Waals surface area (Å²) in [5, 5.41) is 6.36. The van der Waals surface area contributed by atoms with Crippen molar-refractivity contribution in [2.45, 2.75) is 13.8 Å². The first-order chi connectivity index (χ1) is 12.1. The van der Waals surface area contributed by atoms with E-state index < -0.39 is 0 Å². The van der Waals surface area contributed by atoms with E-state index in [1.54, 1.807) is 24.0 Å². The van der Waals surface area contributed by atoms with Crippen molar-refractivity contribution in [3.63, 3.8) is 0 Å². The molecule has 1 aliphatic rings. The van der Waals surface area contributed by atoms with Crippen LogP contribution in [0.5, 0.6) is 0 Å². The molecule has 0 unspecified atom stereocenters. The second-order valence-electron chi connectivity index (χ2n) is 5.93. The van der Waals surface area contributed by atoms with Gasteiger partial charge in [-0.15, -0.1) is 0 Å². The second kappa shape index (κ2) is 7.43. The highest BCUT2D eigenvalue weighted by Gasteiger charge is 2.23. The van der Waals surface area contributed by atoms with Crippen molar-refractivity contribution in [3.8, 4) is 0 Å². The summed E-state index contributed by atoms with van der Waals surface area (Å²) >= 11 is 0. The average Bonchev–Trinajstić information content (AvgIpc) is 3.06. The predicted molar refractivity (Wildman–Crippen MR) is 91.4 cm³/mol. The third-order valence-corrected chi connectivity index (χ3v) is 4.22. The molecule has 8 heteroatoms.